The van der Waals surface area contributed by atoms with Gasteiger partial charge in [0.15, 0.2) is 23.2 Å². The van der Waals surface area contributed by atoms with Gasteiger partial charge in [-0.1, -0.05) is 0 Å². The number of aromatic nitrogens is 1. The summed E-state index contributed by atoms with van der Waals surface area (Å²) >= 11 is 0. The molecule has 6 nitrogen and oxygen atoms in total. The normalized spacial score (nSPS) is 10.4. The average molecular weight is 364 g/mol. The Kier molecular flexibility index (Phi) is 5.57. The second-order valence-electron chi connectivity index (χ2n) is 5.29. The molecule has 0 saturated heterocycles. The Morgan fingerprint density at radius 2 is 1.81 bits per heavy atom. The number of nitriles is 1. The van der Waals surface area contributed by atoms with E-state index in [1.54, 1.807) is 6.07 Å². The van der Waals surface area contributed by atoms with Crippen LogP contribution in [0.1, 0.15) is 40.2 Å². The van der Waals surface area contributed by atoms with E-state index in [1.165, 1.54) is 0 Å². The maximum Gasteiger partial charge on any atom is 0.303 e. The molecule has 0 aliphatic heterocycles. The molecule has 0 aliphatic rings. The van der Waals surface area contributed by atoms with E-state index in [9.17, 15) is 27.9 Å². The SMILES string of the molecule is N#Cc1cc(Cc2c(F)ccc(F)c2F)nc(C(=O)CCC(=O)O)c1O. The summed E-state index contributed by atoms with van der Waals surface area (Å²) in [5.74, 6) is -6.62. The molecule has 0 amide bonds. The van der Waals surface area contributed by atoms with Crippen LogP contribution in [-0.2, 0) is 11.2 Å². The number of carbonyl (C=O) groups is 2. The third kappa shape index (κ3) is 3.97. The van der Waals surface area contributed by atoms with Crippen molar-refractivity contribution in [2.24, 2.45) is 0 Å². The number of benzene rings is 1. The molecule has 26 heavy (non-hydrogen) atoms. The van der Waals surface area contributed by atoms with Gasteiger partial charge in [0.25, 0.3) is 0 Å². The lowest BCUT2D eigenvalue weighted by Gasteiger charge is -2.09. The Hall–Kier alpha value is -3.41. The third-order valence-corrected chi connectivity index (χ3v) is 3.49. The smallest absolute Gasteiger partial charge is 0.303 e. The summed E-state index contributed by atoms with van der Waals surface area (Å²) in [7, 11) is 0. The Bertz CT molecular complexity index is 939. The van der Waals surface area contributed by atoms with Crippen LogP contribution in [0.4, 0.5) is 13.2 Å². The Balaban J connectivity index is 2.46. The predicted molar refractivity (Wildman–Crippen MR) is 80.9 cm³/mol. The summed E-state index contributed by atoms with van der Waals surface area (Å²) in [6, 6.07) is 3.94. The summed E-state index contributed by atoms with van der Waals surface area (Å²) < 4.78 is 40.8. The first-order valence-electron chi connectivity index (χ1n) is 7.25. The topological polar surface area (TPSA) is 111 Å². The van der Waals surface area contributed by atoms with E-state index in [2.05, 4.69) is 4.98 Å². The molecule has 0 radical (unpaired) electrons. The lowest BCUT2D eigenvalue weighted by molar-refractivity contribution is -0.136. The van der Waals surface area contributed by atoms with Crippen LogP contribution in [0.3, 0.4) is 0 Å². The Morgan fingerprint density at radius 1 is 1.15 bits per heavy atom. The number of ketones is 1. The van der Waals surface area contributed by atoms with Gasteiger partial charge in [-0.25, -0.2) is 18.2 Å². The van der Waals surface area contributed by atoms with Crippen LogP contribution < -0.4 is 0 Å². The van der Waals surface area contributed by atoms with Crippen LogP contribution in [-0.4, -0.2) is 26.9 Å². The van der Waals surface area contributed by atoms with Gasteiger partial charge in [0, 0.05) is 24.1 Å². The first-order valence-corrected chi connectivity index (χ1v) is 7.25. The van der Waals surface area contributed by atoms with Gasteiger partial charge < -0.3 is 10.2 Å². The van der Waals surface area contributed by atoms with E-state index in [1.807, 2.05) is 0 Å². The van der Waals surface area contributed by atoms with Crippen molar-refractivity contribution < 1.29 is 33.0 Å². The van der Waals surface area contributed by atoms with Crippen molar-refractivity contribution >= 4 is 11.8 Å². The van der Waals surface area contributed by atoms with E-state index in [-0.39, 0.29) is 11.3 Å². The highest BCUT2D eigenvalue weighted by atomic mass is 19.2. The fourth-order valence-electron chi connectivity index (χ4n) is 2.21. The highest BCUT2D eigenvalue weighted by molar-refractivity contribution is 5.98. The van der Waals surface area contributed by atoms with Crippen molar-refractivity contribution in [3.05, 3.63) is 58.2 Å². The van der Waals surface area contributed by atoms with Crippen molar-refractivity contribution in [3.8, 4) is 11.8 Å². The summed E-state index contributed by atoms with van der Waals surface area (Å²) in [4.78, 5) is 26.3. The van der Waals surface area contributed by atoms with Gasteiger partial charge in [-0.05, 0) is 18.2 Å². The van der Waals surface area contributed by atoms with Gasteiger partial charge in [0.05, 0.1) is 12.0 Å². The van der Waals surface area contributed by atoms with Crippen molar-refractivity contribution in [2.75, 3.05) is 0 Å². The molecule has 1 heterocycles. The van der Waals surface area contributed by atoms with Crippen LogP contribution in [0, 0.1) is 28.8 Å². The molecule has 2 N–H and O–H groups in total. The lowest BCUT2D eigenvalue weighted by atomic mass is 10.0. The highest BCUT2D eigenvalue weighted by Crippen LogP contribution is 2.26. The van der Waals surface area contributed by atoms with Crippen LogP contribution in [0.2, 0.25) is 0 Å². The molecular formula is C17H11F3N2O4. The van der Waals surface area contributed by atoms with Crippen molar-refractivity contribution in [1.82, 2.24) is 4.98 Å². The summed E-state index contributed by atoms with van der Waals surface area (Å²) in [6.07, 6.45) is -1.60. The number of carbonyl (C=O) groups excluding carboxylic acids is 1. The molecule has 0 saturated carbocycles. The second-order valence-corrected chi connectivity index (χ2v) is 5.29. The zero-order valence-electron chi connectivity index (χ0n) is 13.1. The van der Waals surface area contributed by atoms with Crippen LogP contribution in [0.15, 0.2) is 18.2 Å². The number of hydrogen-bond donors (Lipinski definition) is 2. The van der Waals surface area contributed by atoms with Crippen LogP contribution >= 0.6 is 0 Å². The monoisotopic (exact) mass is 364 g/mol. The average Bonchev–Trinajstić information content (AvgIpc) is 2.60. The van der Waals surface area contributed by atoms with E-state index in [0.29, 0.717) is 6.07 Å². The summed E-state index contributed by atoms with van der Waals surface area (Å²) in [6.45, 7) is 0. The number of halogens is 3. The summed E-state index contributed by atoms with van der Waals surface area (Å²) in [5.41, 5.74) is -1.79. The lowest BCUT2D eigenvalue weighted by Crippen LogP contribution is -2.10. The molecule has 0 bridgehead atoms. The van der Waals surface area contributed by atoms with Crippen LogP contribution in [0.25, 0.3) is 0 Å². The molecule has 9 heteroatoms. The first kappa shape index (κ1) is 18.9. The molecule has 0 aliphatic carbocycles. The molecule has 0 unspecified atom stereocenters. The minimum Gasteiger partial charge on any atom is -0.504 e. The van der Waals surface area contributed by atoms with E-state index in [4.69, 9.17) is 10.4 Å². The van der Waals surface area contributed by atoms with Gasteiger partial charge >= 0.3 is 5.97 Å². The maximum absolute atomic E-state index is 13.8. The highest BCUT2D eigenvalue weighted by Gasteiger charge is 2.21. The minimum absolute atomic E-state index is 0.165. The Labute approximate surface area is 145 Å². The summed E-state index contributed by atoms with van der Waals surface area (Å²) in [5, 5.41) is 27.6. The number of nitrogens with zero attached hydrogens (tertiary/aromatic N) is 2. The van der Waals surface area contributed by atoms with Gasteiger partial charge in [-0.2, -0.15) is 5.26 Å². The van der Waals surface area contributed by atoms with Crippen molar-refractivity contribution in [3.63, 3.8) is 0 Å². The zero-order chi connectivity index (χ0) is 19.4. The molecule has 134 valence electrons. The van der Waals surface area contributed by atoms with E-state index in [0.717, 1.165) is 12.1 Å². The minimum atomic E-state index is -1.43. The molecule has 0 fully saturated rings. The molecular weight excluding hydrogens is 353 g/mol. The number of aliphatic carboxylic acids is 1. The standard InChI is InChI=1S/C17H11F3N2O4/c18-11-1-2-12(19)15(20)10(11)6-9-5-8(7-21)17(26)16(22-9)13(23)3-4-14(24)25/h1-2,5,26H,3-4,6H2,(H,24,25). The van der Waals surface area contributed by atoms with Crippen molar-refractivity contribution in [1.29, 1.82) is 5.26 Å². The van der Waals surface area contributed by atoms with Crippen LogP contribution in [0.5, 0.6) is 5.75 Å². The fourth-order valence-corrected chi connectivity index (χ4v) is 2.21. The fraction of sp³-hybridized carbons (Fsp3) is 0.176. The molecule has 1 aromatic heterocycles. The van der Waals surface area contributed by atoms with Gasteiger partial charge in [0.1, 0.15) is 17.6 Å². The molecule has 1 aromatic carbocycles. The predicted octanol–water partition coefficient (Wildman–Crippen LogP) is 2.71. The number of pyridine rings is 1. The number of hydrogen-bond acceptors (Lipinski definition) is 5. The molecule has 0 atom stereocenters. The maximum atomic E-state index is 13.8. The molecule has 2 aromatic rings. The quantitative estimate of drug-likeness (QED) is 0.602. The van der Waals surface area contributed by atoms with Gasteiger partial charge in [-0.3, -0.25) is 9.59 Å². The van der Waals surface area contributed by atoms with Crippen molar-refractivity contribution in [2.45, 2.75) is 19.3 Å². The number of Topliss-reactive ketones (excluding diaryl/α,β-unsaturated/α-hetero) is 1. The Morgan fingerprint density at radius 3 is 2.42 bits per heavy atom. The first-order chi connectivity index (χ1) is 12.2. The van der Waals surface area contributed by atoms with Gasteiger partial charge in [-0.15, -0.1) is 0 Å². The molecule has 0 spiro atoms. The van der Waals surface area contributed by atoms with Gasteiger partial charge in [0.2, 0.25) is 0 Å². The number of aromatic hydroxyl groups is 1. The zero-order valence-corrected chi connectivity index (χ0v) is 13.1. The number of rotatable bonds is 6. The second kappa shape index (κ2) is 7.65. The number of carboxylic acids is 1. The van der Waals surface area contributed by atoms with E-state index >= 15 is 0 Å². The van der Waals surface area contributed by atoms with E-state index < -0.39 is 65.5 Å². The third-order valence-electron chi connectivity index (χ3n) is 3.49. The molecule has 2 rings (SSSR count). The largest absolute Gasteiger partial charge is 0.504 e. The number of carboxylic acid groups (broad SMARTS) is 1.